The van der Waals surface area contributed by atoms with Crippen LogP contribution in [0.15, 0.2) is 18.2 Å². The highest BCUT2D eigenvalue weighted by Crippen LogP contribution is 2.27. The van der Waals surface area contributed by atoms with Gasteiger partial charge in [0.25, 0.3) is 0 Å². The summed E-state index contributed by atoms with van der Waals surface area (Å²) in [7, 11) is 0. The Bertz CT molecular complexity index is 556. The number of aromatic nitrogens is 2. The Hall–Kier alpha value is -1.51. The van der Waals surface area contributed by atoms with Crippen molar-refractivity contribution in [2.75, 3.05) is 5.73 Å². The van der Waals surface area contributed by atoms with Crippen LogP contribution in [0.2, 0.25) is 0 Å². The maximum absolute atomic E-state index is 5.85. The molecule has 2 unspecified atom stereocenters. The van der Waals surface area contributed by atoms with Crippen LogP contribution < -0.4 is 5.73 Å². The first-order valence-corrected chi connectivity index (χ1v) is 7.33. The molecule has 2 rings (SSSR count). The molecule has 104 valence electrons. The average Bonchev–Trinajstić information content (AvgIpc) is 2.75. The number of hydrogen-bond donors (Lipinski definition) is 1. The molecule has 2 atom stereocenters. The van der Waals surface area contributed by atoms with Gasteiger partial charge in [-0.2, -0.15) is 0 Å². The Morgan fingerprint density at radius 3 is 2.63 bits per heavy atom. The van der Waals surface area contributed by atoms with Gasteiger partial charge in [-0.3, -0.25) is 0 Å². The summed E-state index contributed by atoms with van der Waals surface area (Å²) in [5, 5.41) is 0. The lowest BCUT2D eigenvalue weighted by Gasteiger charge is -2.20. The molecular formula is C16H25N3. The van der Waals surface area contributed by atoms with Crippen molar-refractivity contribution in [1.82, 2.24) is 9.55 Å². The van der Waals surface area contributed by atoms with Gasteiger partial charge in [0.05, 0.1) is 11.0 Å². The van der Waals surface area contributed by atoms with Crippen LogP contribution in [0.5, 0.6) is 0 Å². The number of aryl methyl sites for hydroxylation is 1. The summed E-state index contributed by atoms with van der Waals surface area (Å²) in [5.41, 5.74) is 8.87. The van der Waals surface area contributed by atoms with Gasteiger partial charge in [-0.1, -0.05) is 27.2 Å². The fourth-order valence-electron chi connectivity index (χ4n) is 2.76. The predicted molar refractivity (Wildman–Crippen MR) is 82.3 cm³/mol. The molecule has 0 bridgehead atoms. The molecule has 0 saturated carbocycles. The van der Waals surface area contributed by atoms with E-state index in [0.717, 1.165) is 29.4 Å². The molecule has 0 amide bonds. The Labute approximate surface area is 115 Å². The summed E-state index contributed by atoms with van der Waals surface area (Å²) in [6, 6.07) is 6.53. The van der Waals surface area contributed by atoms with E-state index in [1.54, 1.807) is 0 Å². The molecule has 19 heavy (non-hydrogen) atoms. The van der Waals surface area contributed by atoms with Gasteiger partial charge >= 0.3 is 0 Å². The second-order valence-electron chi connectivity index (χ2n) is 5.60. The zero-order chi connectivity index (χ0) is 14.0. The van der Waals surface area contributed by atoms with Crippen LogP contribution in [0.1, 0.15) is 52.4 Å². The third-order valence-corrected chi connectivity index (χ3v) is 3.98. The van der Waals surface area contributed by atoms with E-state index in [2.05, 4.69) is 38.3 Å². The van der Waals surface area contributed by atoms with Crippen molar-refractivity contribution >= 4 is 16.7 Å². The standard InChI is InChI=1S/C16H25N3/c1-5-11(3)9-12(4)19-15-8-7-13(17)10-14(15)18-16(19)6-2/h7-8,10-12H,5-6,9,17H2,1-4H3. The lowest BCUT2D eigenvalue weighted by atomic mass is 10.00. The third-order valence-electron chi connectivity index (χ3n) is 3.98. The number of rotatable bonds is 5. The summed E-state index contributed by atoms with van der Waals surface area (Å²) in [4.78, 5) is 4.73. The fraction of sp³-hybridized carbons (Fsp3) is 0.562. The predicted octanol–water partition coefficient (Wildman–Crippen LogP) is 4.18. The van der Waals surface area contributed by atoms with E-state index in [4.69, 9.17) is 10.7 Å². The van der Waals surface area contributed by atoms with Crippen molar-refractivity contribution in [3.8, 4) is 0 Å². The highest BCUT2D eigenvalue weighted by atomic mass is 15.1. The molecule has 0 aliphatic heterocycles. The SMILES string of the molecule is CCc1nc2cc(N)ccc2n1C(C)CC(C)CC. The maximum Gasteiger partial charge on any atom is 0.109 e. The molecule has 0 radical (unpaired) electrons. The smallest absolute Gasteiger partial charge is 0.109 e. The number of fused-ring (bicyclic) bond motifs is 1. The van der Waals surface area contributed by atoms with Crippen molar-refractivity contribution < 1.29 is 0 Å². The molecule has 3 heteroatoms. The molecule has 1 aromatic heterocycles. The monoisotopic (exact) mass is 259 g/mol. The van der Waals surface area contributed by atoms with Gasteiger partial charge in [-0.25, -0.2) is 4.98 Å². The van der Waals surface area contributed by atoms with E-state index in [0.29, 0.717) is 6.04 Å². The second kappa shape index (κ2) is 5.64. The quantitative estimate of drug-likeness (QED) is 0.819. The van der Waals surface area contributed by atoms with Crippen LogP contribution in [-0.2, 0) is 6.42 Å². The normalized spacial score (nSPS) is 14.7. The van der Waals surface area contributed by atoms with E-state index in [9.17, 15) is 0 Å². The molecule has 0 fully saturated rings. The van der Waals surface area contributed by atoms with Gasteiger partial charge in [-0.15, -0.1) is 0 Å². The van der Waals surface area contributed by atoms with Crippen LogP contribution in [0.25, 0.3) is 11.0 Å². The summed E-state index contributed by atoms with van der Waals surface area (Å²) in [6.45, 7) is 9.03. The summed E-state index contributed by atoms with van der Waals surface area (Å²) >= 11 is 0. The van der Waals surface area contributed by atoms with Crippen molar-refractivity contribution in [1.29, 1.82) is 0 Å². The first-order chi connectivity index (χ1) is 9.06. The second-order valence-corrected chi connectivity index (χ2v) is 5.60. The summed E-state index contributed by atoms with van der Waals surface area (Å²) in [6.07, 6.45) is 3.38. The van der Waals surface area contributed by atoms with Crippen molar-refractivity contribution in [2.24, 2.45) is 5.92 Å². The minimum atomic E-state index is 0.485. The third kappa shape index (κ3) is 2.75. The van der Waals surface area contributed by atoms with Crippen molar-refractivity contribution in [3.63, 3.8) is 0 Å². The zero-order valence-electron chi connectivity index (χ0n) is 12.5. The van der Waals surface area contributed by atoms with Gasteiger partial charge in [0.2, 0.25) is 0 Å². The number of nitrogen functional groups attached to an aromatic ring is 1. The molecule has 0 saturated heterocycles. The van der Waals surface area contributed by atoms with Crippen molar-refractivity contribution in [2.45, 2.75) is 53.0 Å². The highest BCUT2D eigenvalue weighted by molar-refractivity contribution is 5.79. The number of benzene rings is 1. The molecule has 0 aliphatic carbocycles. The minimum Gasteiger partial charge on any atom is -0.399 e. The van der Waals surface area contributed by atoms with Crippen LogP contribution in [0, 0.1) is 5.92 Å². The van der Waals surface area contributed by atoms with Crippen LogP contribution in [0.3, 0.4) is 0 Å². The van der Waals surface area contributed by atoms with Crippen LogP contribution in [-0.4, -0.2) is 9.55 Å². The lowest BCUT2D eigenvalue weighted by molar-refractivity contribution is 0.397. The number of nitrogens with zero attached hydrogens (tertiary/aromatic N) is 2. The van der Waals surface area contributed by atoms with E-state index in [1.807, 2.05) is 12.1 Å². The Morgan fingerprint density at radius 1 is 1.26 bits per heavy atom. The van der Waals surface area contributed by atoms with E-state index in [1.165, 1.54) is 18.4 Å². The Balaban J connectivity index is 2.45. The largest absolute Gasteiger partial charge is 0.399 e. The van der Waals surface area contributed by atoms with Gasteiger partial charge in [0, 0.05) is 18.2 Å². The van der Waals surface area contributed by atoms with Gasteiger partial charge in [0.1, 0.15) is 5.82 Å². The number of imidazole rings is 1. The molecule has 3 nitrogen and oxygen atoms in total. The topological polar surface area (TPSA) is 43.8 Å². The minimum absolute atomic E-state index is 0.485. The zero-order valence-corrected chi connectivity index (χ0v) is 12.5. The first kappa shape index (κ1) is 13.9. The number of hydrogen-bond acceptors (Lipinski definition) is 2. The van der Waals surface area contributed by atoms with E-state index in [-0.39, 0.29) is 0 Å². The molecular weight excluding hydrogens is 234 g/mol. The molecule has 1 aromatic carbocycles. The Morgan fingerprint density at radius 2 is 2.00 bits per heavy atom. The van der Waals surface area contributed by atoms with Crippen molar-refractivity contribution in [3.05, 3.63) is 24.0 Å². The molecule has 2 N–H and O–H groups in total. The number of nitrogens with two attached hydrogens (primary N) is 1. The Kier molecular flexibility index (Phi) is 4.13. The average molecular weight is 259 g/mol. The summed E-state index contributed by atoms with van der Waals surface area (Å²) in [5.74, 6) is 1.90. The molecule has 0 aliphatic rings. The van der Waals surface area contributed by atoms with Gasteiger partial charge < -0.3 is 10.3 Å². The van der Waals surface area contributed by atoms with Crippen LogP contribution >= 0.6 is 0 Å². The van der Waals surface area contributed by atoms with Crippen LogP contribution in [0.4, 0.5) is 5.69 Å². The van der Waals surface area contributed by atoms with Gasteiger partial charge in [-0.05, 0) is 37.5 Å². The highest BCUT2D eigenvalue weighted by Gasteiger charge is 2.16. The van der Waals surface area contributed by atoms with Gasteiger partial charge in [0.15, 0.2) is 0 Å². The first-order valence-electron chi connectivity index (χ1n) is 7.33. The fourth-order valence-corrected chi connectivity index (χ4v) is 2.76. The molecule has 2 aromatic rings. The number of anilines is 1. The molecule has 1 heterocycles. The van der Waals surface area contributed by atoms with E-state index < -0.39 is 0 Å². The molecule has 0 spiro atoms. The summed E-state index contributed by atoms with van der Waals surface area (Å²) < 4.78 is 2.39. The lowest BCUT2D eigenvalue weighted by Crippen LogP contribution is -2.12. The maximum atomic E-state index is 5.85. The van der Waals surface area contributed by atoms with E-state index >= 15 is 0 Å².